The third-order valence-electron chi connectivity index (χ3n) is 7.85. The van der Waals surface area contributed by atoms with Crippen molar-refractivity contribution < 1.29 is 38.6 Å². The summed E-state index contributed by atoms with van der Waals surface area (Å²) >= 11 is 0. The summed E-state index contributed by atoms with van der Waals surface area (Å²) in [6.45, 7) is 20.8. The van der Waals surface area contributed by atoms with Gasteiger partial charge in [0.2, 0.25) is 0 Å². The Hall–Kier alpha value is -2.87. The summed E-state index contributed by atoms with van der Waals surface area (Å²) in [7, 11) is -3.61. The molecule has 2 radical (unpaired) electrons. The van der Waals surface area contributed by atoms with Gasteiger partial charge in [0.1, 0.15) is 22.8 Å². The van der Waals surface area contributed by atoms with E-state index in [0.29, 0.717) is 6.61 Å². The Labute approximate surface area is 252 Å². The topological polar surface area (TPSA) is 89.5 Å². The first-order chi connectivity index (χ1) is 20.3. The normalized spacial score (nSPS) is 11.8. The average Bonchev–Trinajstić information content (AvgIpc) is 3.04. The quantitative estimate of drug-likeness (QED) is 0.0807. The molecule has 0 saturated heterocycles. The van der Waals surface area contributed by atoms with Crippen LogP contribution in [0.4, 0.5) is 0 Å². The van der Waals surface area contributed by atoms with Gasteiger partial charge in [0, 0.05) is 6.61 Å². The van der Waals surface area contributed by atoms with E-state index < -0.39 is 28.1 Å². The monoisotopic (exact) mass is 612 g/mol. The van der Waals surface area contributed by atoms with E-state index in [4.69, 9.17) is 29.0 Å². The molecule has 10 heteroatoms. The Morgan fingerprint density at radius 2 is 1.02 bits per heavy atom. The van der Waals surface area contributed by atoms with E-state index in [-0.39, 0.29) is 37.2 Å². The molecule has 228 valence electrons. The van der Waals surface area contributed by atoms with Gasteiger partial charge in [0.15, 0.2) is 0 Å². The largest absolute Gasteiger partial charge is 0.379 e. The molecule has 0 aliphatic carbocycles. The molecule has 0 aliphatic rings. The highest BCUT2D eigenvalue weighted by molar-refractivity contribution is 6.96. The first-order valence-corrected chi connectivity index (χ1v) is 19.3. The van der Waals surface area contributed by atoms with Crippen molar-refractivity contribution in [1.82, 2.24) is 0 Å². The van der Waals surface area contributed by atoms with Gasteiger partial charge in [-0.25, -0.2) is 9.59 Å². The van der Waals surface area contributed by atoms with Crippen molar-refractivity contribution in [3.63, 3.8) is 0 Å². The lowest BCUT2D eigenvalue weighted by atomic mass is 10.2. The van der Waals surface area contributed by atoms with E-state index in [9.17, 15) is 9.59 Å². The zero-order chi connectivity index (χ0) is 31.0. The van der Waals surface area contributed by atoms with Crippen LogP contribution in [0.15, 0.2) is 73.1 Å². The van der Waals surface area contributed by atoms with Crippen LogP contribution in [-0.2, 0) is 29.0 Å². The van der Waals surface area contributed by atoms with Gasteiger partial charge in [-0.05, 0) is 31.2 Å². The number of rotatable bonds is 20. The molecule has 0 heterocycles. The minimum Gasteiger partial charge on any atom is -0.379 e. The summed E-state index contributed by atoms with van der Waals surface area (Å²) in [6, 6.07) is 18.6. The average molecular weight is 613 g/mol. The molecule has 2 rings (SSSR count). The maximum absolute atomic E-state index is 12.7. The standard InChI is InChI=1S/C32H44O8Si2/c1-8-35-23-24-36-25-30(37-39-31(33)26-15-19-28(20-16-26)41(9-2,10-3)11-4)38-40-32(34)27-17-21-29(22-18-27)42(12-5,13-6)14-7/h9,12,15-22H,1-2,5,8,10-11,13-14,23-25H2,3-4,6-7H3. The van der Waals surface area contributed by atoms with Gasteiger partial charge < -0.3 is 9.47 Å². The maximum atomic E-state index is 12.7. The minimum absolute atomic E-state index is 0.185. The summed E-state index contributed by atoms with van der Waals surface area (Å²) in [5, 5.41) is 2.38. The Bertz CT molecular complexity index is 1040. The van der Waals surface area contributed by atoms with Crippen LogP contribution in [0.2, 0.25) is 24.2 Å². The molecule has 0 N–H and O–H groups in total. The van der Waals surface area contributed by atoms with Gasteiger partial charge >= 0.3 is 18.2 Å². The lowest BCUT2D eigenvalue weighted by molar-refractivity contribution is -0.368. The fourth-order valence-corrected chi connectivity index (χ4v) is 10.6. The van der Waals surface area contributed by atoms with Crippen LogP contribution >= 0.6 is 0 Å². The van der Waals surface area contributed by atoms with E-state index in [1.54, 1.807) is 24.3 Å². The predicted molar refractivity (Wildman–Crippen MR) is 169 cm³/mol. The van der Waals surface area contributed by atoms with Gasteiger partial charge in [-0.2, -0.15) is 0 Å². The Morgan fingerprint density at radius 1 is 0.643 bits per heavy atom. The first-order valence-electron chi connectivity index (χ1n) is 14.3. The van der Waals surface area contributed by atoms with Crippen LogP contribution in [0.25, 0.3) is 0 Å². The van der Waals surface area contributed by atoms with Crippen molar-refractivity contribution in [3.05, 3.63) is 97.4 Å². The maximum Gasteiger partial charge on any atom is 0.373 e. The summed E-state index contributed by atoms with van der Waals surface area (Å²) < 4.78 is 10.6. The van der Waals surface area contributed by atoms with E-state index in [1.165, 1.54) is 10.4 Å². The molecule has 0 bridgehead atoms. The fraction of sp³-hybridized carbons (Fsp3) is 0.375. The Morgan fingerprint density at radius 3 is 1.36 bits per heavy atom. The van der Waals surface area contributed by atoms with Gasteiger partial charge in [0.05, 0.1) is 24.3 Å². The summed E-state index contributed by atoms with van der Waals surface area (Å²) in [4.78, 5) is 45.5. The molecular weight excluding hydrogens is 569 g/mol. The van der Waals surface area contributed by atoms with Crippen LogP contribution < -0.4 is 10.4 Å². The second-order valence-corrected chi connectivity index (χ2v) is 19.2. The third kappa shape index (κ3) is 9.32. The molecule has 0 spiro atoms. The lowest BCUT2D eigenvalue weighted by Gasteiger charge is -2.26. The van der Waals surface area contributed by atoms with Crippen molar-refractivity contribution in [2.45, 2.75) is 51.9 Å². The van der Waals surface area contributed by atoms with E-state index in [1.807, 2.05) is 24.3 Å². The number of hydrogen-bond donors (Lipinski definition) is 0. The highest BCUT2D eigenvalue weighted by Crippen LogP contribution is 2.19. The highest BCUT2D eigenvalue weighted by Gasteiger charge is 2.29. The van der Waals surface area contributed by atoms with Crippen LogP contribution in [0.3, 0.4) is 0 Å². The van der Waals surface area contributed by atoms with Crippen molar-refractivity contribution in [2.24, 2.45) is 0 Å². The fourth-order valence-electron chi connectivity index (χ4n) is 4.71. The second-order valence-electron chi connectivity index (χ2n) is 9.73. The number of benzene rings is 2. The molecule has 0 fully saturated rings. The van der Waals surface area contributed by atoms with E-state index >= 15 is 0 Å². The minimum atomic E-state index is -1.81. The van der Waals surface area contributed by atoms with Crippen LogP contribution in [-0.4, -0.2) is 54.5 Å². The summed E-state index contributed by atoms with van der Waals surface area (Å²) in [6.07, 6.45) is -0.371. The molecule has 2 aromatic carbocycles. The predicted octanol–water partition coefficient (Wildman–Crippen LogP) is 5.76. The van der Waals surface area contributed by atoms with Gasteiger partial charge in [-0.3, -0.25) is 9.78 Å². The molecule has 2 aromatic rings. The van der Waals surface area contributed by atoms with E-state index in [2.05, 4.69) is 59.2 Å². The molecule has 8 nitrogen and oxygen atoms in total. The SMILES string of the molecule is [CH2]COCCOC[C](OOC(=O)c1ccc([Si](C=C)(CC)CC)cc1)OOC(=O)c1ccc([Si](C=C)(CC)CC)cc1. The van der Waals surface area contributed by atoms with Crippen molar-refractivity contribution >= 4 is 38.5 Å². The smallest absolute Gasteiger partial charge is 0.373 e. The number of ether oxygens (including phenoxy) is 2. The molecule has 0 amide bonds. The molecule has 0 aromatic heterocycles. The van der Waals surface area contributed by atoms with Crippen molar-refractivity contribution in [1.29, 1.82) is 0 Å². The zero-order valence-corrected chi connectivity index (χ0v) is 27.3. The molecule has 0 aliphatic heterocycles. The lowest BCUT2D eigenvalue weighted by Crippen LogP contribution is -2.44. The second kappa shape index (κ2) is 17.9. The first kappa shape index (κ1) is 35.3. The molecular formula is C32H44O8Si2. The van der Waals surface area contributed by atoms with Crippen molar-refractivity contribution in [2.75, 3.05) is 26.4 Å². The van der Waals surface area contributed by atoms with Crippen LogP contribution in [0, 0.1) is 13.2 Å². The summed E-state index contributed by atoms with van der Waals surface area (Å²) in [5.41, 5.74) is 4.73. The Kier molecular flexibility index (Phi) is 15.1. The Balaban J connectivity index is 2.04. The number of hydrogen-bond acceptors (Lipinski definition) is 8. The highest BCUT2D eigenvalue weighted by atomic mass is 28.3. The molecule has 42 heavy (non-hydrogen) atoms. The molecule has 0 atom stereocenters. The van der Waals surface area contributed by atoms with Gasteiger partial charge in [0.25, 0.3) is 0 Å². The summed E-state index contributed by atoms with van der Waals surface area (Å²) in [5.74, 6) is -1.49. The van der Waals surface area contributed by atoms with Gasteiger partial charge in [-0.15, -0.1) is 22.9 Å². The number of carbonyl (C=O) groups is 2. The van der Waals surface area contributed by atoms with Gasteiger partial charge in [-0.1, -0.05) is 97.9 Å². The molecule has 0 saturated carbocycles. The number of carbonyl (C=O) groups excluding carboxylic acids is 2. The zero-order valence-electron chi connectivity index (χ0n) is 25.3. The molecule has 0 unspecified atom stereocenters. The van der Waals surface area contributed by atoms with Crippen LogP contribution in [0.1, 0.15) is 48.4 Å². The van der Waals surface area contributed by atoms with Crippen molar-refractivity contribution in [3.8, 4) is 0 Å². The third-order valence-corrected chi connectivity index (χ3v) is 17.4. The van der Waals surface area contributed by atoms with E-state index in [0.717, 1.165) is 24.2 Å². The van der Waals surface area contributed by atoms with Crippen LogP contribution in [0.5, 0.6) is 0 Å².